The number of halogens is 2. The number of hydrogen-bond acceptors (Lipinski definition) is 3. The van der Waals surface area contributed by atoms with Gasteiger partial charge >= 0.3 is 0 Å². The van der Waals surface area contributed by atoms with E-state index in [0.29, 0.717) is 12.4 Å². The monoisotopic (exact) mass is 292 g/mol. The Kier molecular flexibility index (Phi) is 4.37. The molecule has 110 valence electrons. The summed E-state index contributed by atoms with van der Waals surface area (Å²) < 4.78 is 31.3. The molecular formula is C15H14F2N2O2. The fourth-order valence-corrected chi connectivity index (χ4v) is 1.83. The van der Waals surface area contributed by atoms with Crippen LogP contribution in [0.4, 0.5) is 20.2 Å². The van der Waals surface area contributed by atoms with Crippen LogP contribution in [0.5, 0.6) is 5.75 Å². The predicted molar refractivity (Wildman–Crippen MR) is 76.3 cm³/mol. The van der Waals surface area contributed by atoms with E-state index in [4.69, 9.17) is 10.5 Å². The fourth-order valence-electron chi connectivity index (χ4n) is 1.83. The molecule has 0 aliphatic heterocycles. The normalized spacial score (nSPS) is 10.2. The molecule has 2 rings (SSSR count). The van der Waals surface area contributed by atoms with Crippen molar-refractivity contribution in [1.82, 2.24) is 0 Å². The minimum Gasteiger partial charge on any atom is -0.493 e. The van der Waals surface area contributed by atoms with Crippen LogP contribution in [0.15, 0.2) is 36.4 Å². The van der Waals surface area contributed by atoms with Gasteiger partial charge in [0.25, 0.3) is 5.91 Å². The van der Waals surface area contributed by atoms with Gasteiger partial charge in [0.2, 0.25) is 0 Å². The molecule has 0 saturated heterocycles. The molecule has 0 unspecified atom stereocenters. The maximum atomic E-state index is 13.1. The highest BCUT2D eigenvalue weighted by molar-refractivity contribution is 6.09. The van der Waals surface area contributed by atoms with Gasteiger partial charge in [-0.05, 0) is 31.2 Å². The summed E-state index contributed by atoms with van der Waals surface area (Å²) in [5.74, 6) is -2.25. The molecule has 0 saturated carbocycles. The SMILES string of the molecule is CCOc1cccc(N)c1C(=O)Nc1ccc(F)c(F)c1. The number of rotatable bonds is 4. The molecule has 0 radical (unpaired) electrons. The van der Waals surface area contributed by atoms with Gasteiger partial charge in [-0.25, -0.2) is 8.78 Å². The number of nitrogen functional groups attached to an aromatic ring is 1. The third-order valence-electron chi connectivity index (χ3n) is 2.76. The van der Waals surface area contributed by atoms with Gasteiger partial charge in [0.05, 0.1) is 6.61 Å². The summed E-state index contributed by atoms with van der Waals surface area (Å²) in [6, 6.07) is 7.92. The highest BCUT2D eigenvalue weighted by Gasteiger charge is 2.16. The van der Waals surface area contributed by atoms with E-state index in [1.807, 2.05) is 0 Å². The van der Waals surface area contributed by atoms with Crippen LogP contribution >= 0.6 is 0 Å². The van der Waals surface area contributed by atoms with Gasteiger partial charge in [-0.1, -0.05) is 6.07 Å². The quantitative estimate of drug-likeness (QED) is 0.851. The van der Waals surface area contributed by atoms with Gasteiger partial charge < -0.3 is 15.8 Å². The molecule has 0 heterocycles. The van der Waals surface area contributed by atoms with Crippen LogP contribution < -0.4 is 15.8 Å². The Morgan fingerprint density at radius 3 is 2.67 bits per heavy atom. The molecule has 6 heteroatoms. The van der Waals surface area contributed by atoms with Crippen LogP contribution in [0.2, 0.25) is 0 Å². The lowest BCUT2D eigenvalue weighted by atomic mass is 10.1. The van der Waals surface area contributed by atoms with Crippen molar-refractivity contribution in [3.05, 3.63) is 53.6 Å². The average molecular weight is 292 g/mol. The Hall–Kier alpha value is -2.63. The average Bonchev–Trinajstić information content (AvgIpc) is 2.43. The van der Waals surface area contributed by atoms with Crippen molar-refractivity contribution >= 4 is 17.3 Å². The second-order valence-corrected chi connectivity index (χ2v) is 4.24. The molecule has 3 N–H and O–H groups in total. The topological polar surface area (TPSA) is 64.3 Å². The largest absolute Gasteiger partial charge is 0.493 e. The summed E-state index contributed by atoms with van der Waals surface area (Å²) >= 11 is 0. The molecule has 2 aromatic carbocycles. The lowest BCUT2D eigenvalue weighted by Crippen LogP contribution is -2.16. The Labute approximate surface area is 120 Å². The number of nitrogens with two attached hydrogens (primary N) is 1. The van der Waals surface area contributed by atoms with Gasteiger partial charge in [0, 0.05) is 17.4 Å². The fraction of sp³-hybridized carbons (Fsp3) is 0.133. The second-order valence-electron chi connectivity index (χ2n) is 4.24. The summed E-state index contributed by atoms with van der Waals surface area (Å²) in [5.41, 5.74) is 6.31. The van der Waals surface area contributed by atoms with Crippen molar-refractivity contribution in [3.8, 4) is 5.75 Å². The van der Waals surface area contributed by atoms with Crippen LogP contribution in [0.3, 0.4) is 0 Å². The van der Waals surface area contributed by atoms with Gasteiger partial charge in [-0.15, -0.1) is 0 Å². The summed E-state index contributed by atoms with van der Waals surface area (Å²) in [7, 11) is 0. The number of hydrogen-bond donors (Lipinski definition) is 2. The maximum absolute atomic E-state index is 13.1. The Bertz CT molecular complexity index is 675. The van der Waals surface area contributed by atoms with Crippen LogP contribution in [-0.4, -0.2) is 12.5 Å². The molecule has 0 aliphatic rings. The van der Waals surface area contributed by atoms with Crippen LogP contribution in [0.25, 0.3) is 0 Å². The minimum atomic E-state index is -1.04. The van der Waals surface area contributed by atoms with Gasteiger partial charge in [0.15, 0.2) is 11.6 Å². The molecule has 0 spiro atoms. The van der Waals surface area contributed by atoms with Gasteiger partial charge in [0.1, 0.15) is 11.3 Å². The molecule has 0 aromatic heterocycles. The number of ether oxygens (including phenoxy) is 1. The Morgan fingerprint density at radius 2 is 2.00 bits per heavy atom. The molecular weight excluding hydrogens is 278 g/mol. The van der Waals surface area contributed by atoms with Crippen molar-refractivity contribution in [2.45, 2.75) is 6.92 Å². The third-order valence-corrected chi connectivity index (χ3v) is 2.76. The van der Waals surface area contributed by atoms with E-state index < -0.39 is 17.5 Å². The first-order chi connectivity index (χ1) is 10.0. The van der Waals surface area contributed by atoms with Crippen LogP contribution in [0.1, 0.15) is 17.3 Å². The molecule has 4 nitrogen and oxygen atoms in total. The number of anilines is 2. The van der Waals surface area contributed by atoms with Gasteiger partial charge in [-0.2, -0.15) is 0 Å². The second kappa shape index (κ2) is 6.21. The number of amides is 1. The van der Waals surface area contributed by atoms with Crippen LogP contribution in [0, 0.1) is 11.6 Å². The molecule has 0 bridgehead atoms. The number of benzene rings is 2. The molecule has 0 fully saturated rings. The smallest absolute Gasteiger partial charge is 0.261 e. The first-order valence-electron chi connectivity index (χ1n) is 6.30. The van der Waals surface area contributed by atoms with E-state index in [-0.39, 0.29) is 16.9 Å². The highest BCUT2D eigenvalue weighted by atomic mass is 19.2. The molecule has 21 heavy (non-hydrogen) atoms. The van der Waals surface area contributed by atoms with Crippen molar-refractivity contribution < 1.29 is 18.3 Å². The van der Waals surface area contributed by atoms with E-state index in [2.05, 4.69) is 5.32 Å². The zero-order chi connectivity index (χ0) is 15.4. The van der Waals surface area contributed by atoms with E-state index >= 15 is 0 Å². The Morgan fingerprint density at radius 1 is 1.24 bits per heavy atom. The van der Waals surface area contributed by atoms with Crippen molar-refractivity contribution in [2.75, 3.05) is 17.7 Å². The van der Waals surface area contributed by atoms with E-state index in [9.17, 15) is 13.6 Å². The van der Waals surface area contributed by atoms with E-state index in [1.54, 1.807) is 25.1 Å². The molecule has 0 aliphatic carbocycles. The van der Waals surface area contributed by atoms with E-state index in [0.717, 1.165) is 12.1 Å². The van der Waals surface area contributed by atoms with Crippen molar-refractivity contribution in [1.29, 1.82) is 0 Å². The first-order valence-corrected chi connectivity index (χ1v) is 6.30. The number of carbonyl (C=O) groups is 1. The summed E-state index contributed by atoms with van der Waals surface area (Å²) in [6.45, 7) is 2.15. The third kappa shape index (κ3) is 3.28. The lowest BCUT2D eigenvalue weighted by Gasteiger charge is -2.12. The zero-order valence-corrected chi connectivity index (χ0v) is 11.3. The Balaban J connectivity index is 2.29. The lowest BCUT2D eigenvalue weighted by molar-refractivity contribution is 0.102. The van der Waals surface area contributed by atoms with Gasteiger partial charge in [-0.3, -0.25) is 4.79 Å². The van der Waals surface area contributed by atoms with E-state index in [1.165, 1.54) is 6.07 Å². The summed E-state index contributed by atoms with van der Waals surface area (Å²) in [5, 5.41) is 2.46. The minimum absolute atomic E-state index is 0.129. The predicted octanol–water partition coefficient (Wildman–Crippen LogP) is 3.20. The molecule has 0 atom stereocenters. The zero-order valence-electron chi connectivity index (χ0n) is 11.3. The van der Waals surface area contributed by atoms with Crippen molar-refractivity contribution in [2.24, 2.45) is 0 Å². The molecule has 2 aromatic rings. The summed E-state index contributed by atoms with van der Waals surface area (Å²) in [4.78, 5) is 12.2. The highest BCUT2D eigenvalue weighted by Crippen LogP contribution is 2.26. The number of carbonyl (C=O) groups excluding carboxylic acids is 1. The summed E-state index contributed by atoms with van der Waals surface area (Å²) in [6.07, 6.45) is 0. The molecule has 1 amide bonds. The first kappa shape index (κ1) is 14.8. The standard InChI is InChI=1S/C15H14F2N2O2/c1-2-21-13-5-3-4-12(18)14(13)15(20)19-9-6-7-10(16)11(17)8-9/h3-8H,2,18H2,1H3,(H,19,20). The van der Waals surface area contributed by atoms with Crippen LogP contribution in [-0.2, 0) is 0 Å². The maximum Gasteiger partial charge on any atom is 0.261 e. The van der Waals surface area contributed by atoms with Crippen molar-refractivity contribution in [3.63, 3.8) is 0 Å². The number of nitrogens with one attached hydrogen (secondary N) is 1.